The molecule has 0 fully saturated rings. The molecule has 1 heterocycles. The van der Waals surface area contributed by atoms with E-state index < -0.39 is 10.8 Å². The summed E-state index contributed by atoms with van der Waals surface area (Å²) in [6, 6.07) is 7.70. The maximum Gasteiger partial charge on any atom is 0.282 e. The number of rotatable bonds is 5. The van der Waals surface area contributed by atoms with E-state index in [1.807, 2.05) is 0 Å². The molecule has 0 saturated carbocycles. The molecule has 7 heteroatoms. The third-order valence-electron chi connectivity index (χ3n) is 2.87. The van der Waals surface area contributed by atoms with Crippen molar-refractivity contribution < 1.29 is 9.72 Å². The van der Waals surface area contributed by atoms with E-state index in [0.29, 0.717) is 18.7 Å². The zero-order valence-electron chi connectivity index (χ0n) is 11.2. The lowest BCUT2D eigenvalue weighted by atomic mass is 10.1. The molecule has 2 rings (SSSR count). The van der Waals surface area contributed by atoms with Gasteiger partial charge in [-0.3, -0.25) is 19.9 Å². The lowest BCUT2D eigenvalue weighted by Crippen LogP contribution is -2.14. The van der Waals surface area contributed by atoms with Crippen LogP contribution in [0.25, 0.3) is 0 Å². The number of nitro benzene ring substituents is 1. The Hall–Kier alpha value is -2.80. The van der Waals surface area contributed by atoms with Crippen molar-refractivity contribution in [3.05, 3.63) is 64.0 Å². The molecule has 1 aromatic heterocycles. The third-order valence-corrected chi connectivity index (χ3v) is 2.87. The summed E-state index contributed by atoms with van der Waals surface area (Å²) < 4.78 is 0. The molecule has 0 aliphatic heterocycles. The van der Waals surface area contributed by atoms with Crippen molar-refractivity contribution in [3.8, 4) is 0 Å². The molecule has 21 heavy (non-hydrogen) atoms. The van der Waals surface area contributed by atoms with Crippen LogP contribution in [-0.4, -0.2) is 22.4 Å². The lowest BCUT2D eigenvalue weighted by Gasteiger charge is -2.07. The van der Waals surface area contributed by atoms with Gasteiger partial charge in [-0.1, -0.05) is 6.07 Å². The Kier molecular flexibility index (Phi) is 4.57. The van der Waals surface area contributed by atoms with Crippen LogP contribution in [0.5, 0.6) is 0 Å². The molecule has 0 aliphatic carbocycles. The molecule has 0 aliphatic rings. The highest BCUT2D eigenvalue weighted by Crippen LogP contribution is 2.22. The first-order valence-electron chi connectivity index (χ1n) is 6.30. The number of hydrogen-bond donors (Lipinski definition) is 2. The minimum absolute atomic E-state index is 0.0117. The van der Waals surface area contributed by atoms with Gasteiger partial charge in [0.15, 0.2) is 0 Å². The highest BCUT2D eigenvalue weighted by molar-refractivity contribution is 6.07. The summed E-state index contributed by atoms with van der Waals surface area (Å²) in [5.74, 6) is -0.535. The number of nitrogens with two attached hydrogens (primary N) is 1. The Labute approximate surface area is 121 Å². The Balaban J connectivity index is 2.29. The number of hydrogen-bond acceptors (Lipinski definition) is 5. The number of pyridine rings is 1. The Morgan fingerprint density at radius 1 is 1.29 bits per heavy atom. The van der Waals surface area contributed by atoms with Crippen LogP contribution < -0.4 is 11.1 Å². The molecule has 0 bridgehead atoms. The largest absolute Gasteiger partial charge is 0.330 e. The van der Waals surface area contributed by atoms with Crippen LogP contribution >= 0.6 is 0 Å². The van der Waals surface area contributed by atoms with Crippen molar-refractivity contribution in [3.63, 3.8) is 0 Å². The second-order valence-corrected chi connectivity index (χ2v) is 4.34. The topological polar surface area (TPSA) is 111 Å². The highest BCUT2D eigenvalue weighted by Gasteiger charge is 2.20. The number of nitrogens with one attached hydrogen (secondary N) is 1. The molecule has 0 saturated heterocycles. The number of carbonyl (C=O) groups excluding carboxylic acids is 1. The van der Waals surface area contributed by atoms with Gasteiger partial charge in [0.25, 0.3) is 11.6 Å². The summed E-state index contributed by atoms with van der Waals surface area (Å²) in [6.07, 6.45) is 3.57. The smallest absolute Gasteiger partial charge is 0.282 e. The van der Waals surface area contributed by atoms with Crippen LogP contribution in [0.3, 0.4) is 0 Å². The minimum Gasteiger partial charge on any atom is -0.330 e. The van der Waals surface area contributed by atoms with Crippen molar-refractivity contribution in [2.24, 2.45) is 5.73 Å². The number of aromatic nitrogens is 1. The van der Waals surface area contributed by atoms with Gasteiger partial charge in [0.05, 0.1) is 4.92 Å². The number of carbonyl (C=O) groups is 1. The van der Waals surface area contributed by atoms with Gasteiger partial charge < -0.3 is 11.1 Å². The summed E-state index contributed by atoms with van der Waals surface area (Å²) in [5, 5.41) is 13.7. The second kappa shape index (κ2) is 6.58. The molecule has 7 nitrogen and oxygen atoms in total. The second-order valence-electron chi connectivity index (χ2n) is 4.34. The van der Waals surface area contributed by atoms with Crippen molar-refractivity contribution in [1.29, 1.82) is 0 Å². The molecular weight excluding hydrogens is 272 g/mol. The maximum atomic E-state index is 12.1. The van der Waals surface area contributed by atoms with Crippen LogP contribution in [0.15, 0.2) is 42.7 Å². The number of nitrogens with zero attached hydrogens (tertiary/aromatic N) is 2. The number of anilines is 1. The van der Waals surface area contributed by atoms with E-state index in [0.717, 1.165) is 5.56 Å². The molecular formula is C14H14N4O3. The molecule has 1 amide bonds. The van der Waals surface area contributed by atoms with Crippen LogP contribution in [0.1, 0.15) is 15.9 Å². The first-order valence-corrected chi connectivity index (χ1v) is 6.30. The zero-order valence-corrected chi connectivity index (χ0v) is 11.2. The van der Waals surface area contributed by atoms with Crippen LogP contribution in [0, 0.1) is 10.1 Å². The highest BCUT2D eigenvalue weighted by atomic mass is 16.6. The molecule has 0 atom stereocenters. The van der Waals surface area contributed by atoms with Gasteiger partial charge in [-0.25, -0.2) is 0 Å². The molecule has 0 unspecified atom stereocenters. The predicted molar refractivity (Wildman–Crippen MR) is 78.0 cm³/mol. The van der Waals surface area contributed by atoms with Gasteiger partial charge >= 0.3 is 0 Å². The average molecular weight is 286 g/mol. The van der Waals surface area contributed by atoms with Gasteiger partial charge in [0.2, 0.25) is 0 Å². The van der Waals surface area contributed by atoms with E-state index in [2.05, 4.69) is 10.3 Å². The summed E-state index contributed by atoms with van der Waals surface area (Å²) >= 11 is 0. The van der Waals surface area contributed by atoms with Crippen LogP contribution in [-0.2, 0) is 6.42 Å². The summed E-state index contributed by atoms with van der Waals surface area (Å²) in [6.45, 7) is 0.389. The number of amides is 1. The van der Waals surface area contributed by atoms with E-state index in [1.165, 1.54) is 24.5 Å². The van der Waals surface area contributed by atoms with E-state index >= 15 is 0 Å². The first-order chi connectivity index (χ1) is 10.1. The predicted octanol–water partition coefficient (Wildman–Crippen LogP) is 1.74. The fourth-order valence-electron chi connectivity index (χ4n) is 1.88. The quantitative estimate of drug-likeness (QED) is 0.642. The van der Waals surface area contributed by atoms with E-state index in [4.69, 9.17) is 5.73 Å². The van der Waals surface area contributed by atoms with E-state index in [-0.39, 0.29) is 11.3 Å². The standard InChI is InChI=1S/C14H14N4O3/c15-6-3-10-1-2-12(13(9-10)18(20)21)14(19)17-11-4-7-16-8-5-11/h1-2,4-5,7-9H,3,6,15H2,(H,16,17,19). The molecule has 2 aromatic rings. The van der Waals surface area contributed by atoms with Gasteiger partial charge in [-0.05, 0) is 36.7 Å². The van der Waals surface area contributed by atoms with Crippen LogP contribution in [0.2, 0.25) is 0 Å². The van der Waals surface area contributed by atoms with Crippen molar-refractivity contribution >= 4 is 17.3 Å². The minimum atomic E-state index is -0.568. The third kappa shape index (κ3) is 3.61. The number of nitro groups is 1. The van der Waals surface area contributed by atoms with E-state index in [1.54, 1.807) is 18.2 Å². The van der Waals surface area contributed by atoms with Crippen molar-refractivity contribution in [2.75, 3.05) is 11.9 Å². The number of benzene rings is 1. The monoisotopic (exact) mass is 286 g/mol. The van der Waals surface area contributed by atoms with Gasteiger partial charge in [0, 0.05) is 24.1 Å². The molecule has 0 radical (unpaired) electrons. The Bertz CT molecular complexity index is 659. The zero-order chi connectivity index (χ0) is 15.2. The van der Waals surface area contributed by atoms with Crippen molar-refractivity contribution in [2.45, 2.75) is 6.42 Å². The summed E-state index contributed by atoms with van der Waals surface area (Å²) in [4.78, 5) is 26.5. The van der Waals surface area contributed by atoms with Gasteiger partial charge in [-0.15, -0.1) is 0 Å². The summed E-state index contributed by atoms with van der Waals surface area (Å²) in [7, 11) is 0. The summed E-state index contributed by atoms with van der Waals surface area (Å²) in [5.41, 5.74) is 6.46. The molecule has 1 aromatic carbocycles. The van der Waals surface area contributed by atoms with Crippen LogP contribution in [0.4, 0.5) is 11.4 Å². The Morgan fingerprint density at radius 3 is 2.62 bits per heavy atom. The van der Waals surface area contributed by atoms with Gasteiger partial charge in [0.1, 0.15) is 5.56 Å². The first kappa shape index (κ1) is 14.6. The van der Waals surface area contributed by atoms with Crippen molar-refractivity contribution in [1.82, 2.24) is 4.98 Å². The fraction of sp³-hybridized carbons (Fsp3) is 0.143. The fourth-order valence-corrected chi connectivity index (χ4v) is 1.88. The lowest BCUT2D eigenvalue weighted by molar-refractivity contribution is -0.385. The SMILES string of the molecule is NCCc1ccc(C(=O)Nc2ccncc2)c([N+](=O)[O-])c1. The molecule has 0 spiro atoms. The average Bonchev–Trinajstić information content (AvgIpc) is 2.48. The molecule has 108 valence electrons. The van der Waals surface area contributed by atoms with E-state index in [9.17, 15) is 14.9 Å². The normalized spacial score (nSPS) is 10.1. The van der Waals surface area contributed by atoms with Gasteiger partial charge in [-0.2, -0.15) is 0 Å². The maximum absolute atomic E-state index is 12.1. The molecule has 3 N–H and O–H groups in total. The Morgan fingerprint density at radius 2 is 2.00 bits per heavy atom.